The van der Waals surface area contributed by atoms with Crippen LogP contribution in [0.5, 0.6) is 0 Å². The molecule has 1 aromatic rings. The third kappa shape index (κ3) is 3.13. The first-order valence-electron chi connectivity index (χ1n) is 8.76. The molecule has 1 aliphatic carbocycles. The molecular weight excluding hydrogens is 272 g/mol. The average Bonchev–Trinajstić information content (AvgIpc) is 2.55. The Morgan fingerprint density at radius 2 is 1.95 bits per heavy atom. The quantitative estimate of drug-likeness (QED) is 0.918. The molecule has 1 N–H and O–H groups in total. The summed E-state index contributed by atoms with van der Waals surface area (Å²) in [7, 11) is 0. The molecule has 1 saturated heterocycles. The molecule has 0 spiro atoms. The molecule has 3 nitrogen and oxygen atoms in total. The summed E-state index contributed by atoms with van der Waals surface area (Å²) >= 11 is 0. The summed E-state index contributed by atoms with van der Waals surface area (Å²) in [5.74, 6) is 1.03. The van der Waals surface area contributed by atoms with Gasteiger partial charge >= 0.3 is 0 Å². The van der Waals surface area contributed by atoms with Gasteiger partial charge in [-0.15, -0.1) is 0 Å². The van der Waals surface area contributed by atoms with E-state index in [4.69, 9.17) is 0 Å². The highest BCUT2D eigenvalue weighted by Crippen LogP contribution is 2.35. The van der Waals surface area contributed by atoms with E-state index >= 15 is 0 Å². The zero-order valence-corrected chi connectivity index (χ0v) is 13.9. The second kappa shape index (κ2) is 6.72. The fourth-order valence-electron chi connectivity index (χ4n) is 4.15. The van der Waals surface area contributed by atoms with Crippen LogP contribution in [0, 0.1) is 19.8 Å². The Balaban J connectivity index is 1.62. The number of anilines is 1. The maximum absolute atomic E-state index is 12.7. The summed E-state index contributed by atoms with van der Waals surface area (Å²) in [5.41, 5.74) is 3.60. The van der Waals surface area contributed by atoms with Crippen LogP contribution in [0.15, 0.2) is 18.2 Å². The SMILES string of the molecule is Cc1cccc(NCC(=O)N2CCCC3CCCCC32)c1C. The van der Waals surface area contributed by atoms with E-state index in [-0.39, 0.29) is 5.91 Å². The fourth-order valence-corrected chi connectivity index (χ4v) is 4.15. The molecule has 1 amide bonds. The highest BCUT2D eigenvalue weighted by molar-refractivity contribution is 5.81. The number of nitrogens with one attached hydrogen (secondary N) is 1. The van der Waals surface area contributed by atoms with E-state index in [0.29, 0.717) is 12.6 Å². The van der Waals surface area contributed by atoms with Crippen LogP contribution in [0.25, 0.3) is 0 Å². The van der Waals surface area contributed by atoms with Gasteiger partial charge < -0.3 is 10.2 Å². The molecule has 0 bridgehead atoms. The Bertz CT molecular complexity index is 538. The predicted octanol–water partition coefficient (Wildman–Crippen LogP) is 3.90. The number of benzene rings is 1. The average molecular weight is 300 g/mol. The normalized spacial score (nSPS) is 24.7. The molecule has 120 valence electrons. The molecule has 2 atom stereocenters. The number of aryl methyl sites for hydroxylation is 1. The number of piperidine rings is 1. The summed E-state index contributed by atoms with van der Waals surface area (Å²) < 4.78 is 0. The highest BCUT2D eigenvalue weighted by Gasteiger charge is 2.35. The summed E-state index contributed by atoms with van der Waals surface area (Å²) in [6.07, 6.45) is 7.66. The molecule has 2 aliphatic rings. The van der Waals surface area contributed by atoms with E-state index in [1.165, 1.54) is 49.7 Å². The molecule has 22 heavy (non-hydrogen) atoms. The zero-order valence-electron chi connectivity index (χ0n) is 13.9. The number of carbonyl (C=O) groups excluding carboxylic acids is 1. The van der Waals surface area contributed by atoms with Crippen LogP contribution < -0.4 is 5.32 Å². The summed E-state index contributed by atoms with van der Waals surface area (Å²) in [6, 6.07) is 6.73. The lowest BCUT2D eigenvalue weighted by Crippen LogP contribution is -2.51. The number of hydrogen-bond donors (Lipinski definition) is 1. The lowest BCUT2D eigenvalue weighted by atomic mass is 9.78. The van der Waals surface area contributed by atoms with Crippen LogP contribution in [0.2, 0.25) is 0 Å². The van der Waals surface area contributed by atoms with E-state index in [1.54, 1.807) is 0 Å². The van der Waals surface area contributed by atoms with Crippen LogP contribution in [0.1, 0.15) is 49.7 Å². The Kier molecular flexibility index (Phi) is 4.70. The van der Waals surface area contributed by atoms with Gasteiger partial charge in [0.15, 0.2) is 0 Å². The van der Waals surface area contributed by atoms with Crippen LogP contribution in [0.4, 0.5) is 5.69 Å². The predicted molar refractivity (Wildman–Crippen MR) is 91.1 cm³/mol. The minimum absolute atomic E-state index is 0.275. The van der Waals surface area contributed by atoms with Gasteiger partial charge in [0.2, 0.25) is 5.91 Å². The summed E-state index contributed by atoms with van der Waals surface area (Å²) in [6.45, 7) is 5.60. The molecule has 3 rings (SSSR count). The minimum atomic E-state index is 0.275. The van der Waals surface area contributed by atoms with Gasteiger partial charge in [0.25, 0.3) is 0 Å². The van der Waals surface area contributed by atoms with Crippen molar-refractivity contribution in [3.05, 3.63) is 29.3 Å². The number of nitrogens with zero attached hydrogens (tertiary/aromatic N) is 1. The molecule has 0 aromatic heterocycles. The van der Waals surface area contributed by atoms with Gasteiger partial charge in [0, 0.05) is 18.3 Å². The Morgan fingerprint density at radius 1 is 1.18 bits per heavy atom. The zero-order chi connectivity index (χ0) is 15.5. The van der Waals surface area contributed by atoms with E-state index in [9.17, 15) is 4.79 Å². The van der Waals surface area contributed by atoms with Gasteiger partial charge in [-0.1, -0.05) is 25.0 Å². The van der Waals surface area contributed by atoms with Crippen molar-refractivity contribution in [2.24, 2.45) is 5.92 Å². The second-order valence-corrected chi connectivity index (χ2v) is 6.94. The molecule has 1 heterocycles. The van der Waals surface area contributed by atoms with Gasteiger partial charge in [-0.25, -0.2) is 0 Å². The number of hydrogen-bond acceptors (Lipinski definition) is 2. The van der Waals surface area contributed by atoms with Crippen LogP contribution in [0.3, 0.4) is 0 Å². The van der Waals surface area contributed by atoms with Crippen LogP contribution in [-0.2, 0) is 4.79 Å². The van der Waals surface area contributed by atoms with Gasteiger partial charge in [0.1, 0.15) is 0 Å². The van der Waals surface area contributed by atoms with E-state index in [2.05, 4.69) is 36.2 Å². The molecule has 1 saturated carbocycles. The highest BCUT2D eigenvalue weighted by atomic mass is 16.2. The minimum Gasteiger partial charge on any atom is -0.376 e. The van der Waals surface area contributed by atoms with Crippen molar-refractivity contribution in [1.29, 1.82) is 0 Å². The second-order valence-electron chi connectivity index (χ2n) is 6.94. The first-order valence-corrected chi connectivity index (χ1v) is 8.76. The lowest BCUT2D eigenvalue weighted by molar-refractivity contribution is -0.135. The van der Waals surface area contributed by atoms with E-state index in [0.717, 1.165) is 18.2 Å². The van der Waals surface area contributed by atoms with Gasteiger partial charge in [-0.2, -0.15) is 0 Å². The van der Waals surface area contributed by atoms with E-state index in [1.807, 2.05) is 6.07 Å². The topological polar surface area (TPSA) is 32.3 Å². The van der Waals surface area contributed by atoms with Gasteiger partial charge in [0.05, 0.1) is 6.54 Å². The Hall–Kier alpha value is -1.51. The molecule has 1 aromatic carbocycles. The van der Waals surface area contributed by atoms with E-state index < -0.39 is 0 Å². The van der Waals surface area contributed by atoms with Crippen molar-refractivity contribution in [3.63, 3.8) is 0 Å². The fraction of sp³-hybridized carbons (Fsp3) is 0.632. The Labute approximate surface area is 134 Å². The maximum atomic E-state index is 12.7. The van der Waals surface area contributed by atoms with Crippen LogP contribution >= 0.6 is 0 Å². The molecule has 2 fully saturated rings. The third-order valence-electron chi connectivity index (χ3n) is 5.60. The molecular formula is C19H28N2O. The number of fused-ring (bicyclic) bond motifs is 1. The molecule has 3 heteroatoms. The Morgan fingerprint density at radius 3 is 2.82 bits per heavy atom. The number of likely N-dealkylation sites (tertiary alicyclic amines) is 1. The summed E-state index contributed by atoms with van der Waals surface area (Å²) in [5, 5.41) is 3.36. The van der Waals surface area contributed by atoms with Crippen molar-refractivity contribution in [1.82, 2.24) is 4.90 Å². The standard InChI is InChI=1S/C19H28N2O/c1-14-7-5-10-17(15(14)2)20-13-19(22)21-12-6-9-16-8-3-4-11-18(16)21/h5,7,10,16,18,20H,3-4,6,8-9,11-13H2,1-2H3. The van der Waals surface area contributed by atoms with Crippen molar-refractivity contribution in [2.45, 2.75) is 58.4 Å². The molecule has 2 unspecified atom stereocenters. The van der Waals surface area contributed by atoms with Gasteiger partial charge in [-0.05, 0) is 62.6 Å². The number of amides is 1. The van der Waals surface area contributed by atoms with Crippen molar-refractivity contribution < 1.29 is 4.79 Å². The first kappa shape index (κ1) is 15.4. The maximum Gasteiger partial charge on any atom is 0.242 e. The number of carbonyl (C=O) groups is 1. The van der Waals surface area contributed by atoms with Gasteiger partial charge in [-0.3, -0.25) is 4.79 Å². The first-order chi connectivity index (χ1) is 10.7. The summed E-state index contributed by atoms with van der Waals surface area (Å²) in [4.78, 5) is 14.9. The number of rotatable bonds is 3. The third-order valence-corrected chi connectivity index (χ3v) is 5.60. The largest absolute Gasteiger partial charge is 0.376 e. The van der Waals surface area contributed by atoms with Crippen molar-refractivity contribution >= 4 is 11.6 Å². The monoisotopic (exact) mass is 300 g/mol. The lowest BCUT2D eigenvalue weighted by Gasteiger charge is -2.44. The van der Waals surface area contributed by atoms with Crippen molar-refractivity contribution in [3.8, 4) is 0 Å². The molecule has 0 radical (unpaired) electrons. The van der Waals surface area contributed by atoms with Crippen molar-refractivity contribution in [2.75, 3.05) is 18.4 Å². The van der Waals surface area contributed by atoms with Crippen LogP contribution in [-0.4, -0.2) is 29.9 Å². The smallest absolute Gasteiger partial charge is 0.242 e. The molecule has 1 aliphatic heterocycles.